The Hall–Kier alpha value is -1.10. The van der Waals surface area contributed by atoms with E-state index >= 15 is 0 Å². The number of carbonyl (C=O) groups is 2. The van der Waals surface area contributed by atoms with Crippen LogP contribution < -0.4 is 0 Å². The van der Waals surface area contributed by atoms with Gasteiger partial charge in [0.25, 0.3) is 0 Å². The van der Waals surface area contributed by atoms with Crippen LogP contribution in [0.3, 0.4) is 0 Å². The Kier molecular flexibility index (Phi) is 7.62. The van der Waals surface area contributed by atoms with Gasteiger partial charge in [-0.1, -0.05) is 6.92 Å². The second-order valence-electron chi connectivity index (χ2n) is 3.32. The molecule has 2 N–H and O–H groups in total. The van der Waals surface area contributed by atoms with Crippen molar-refractivity contribution in [1.82, 2.24) is 0 Å². The average Bonchev–Trinajstić information content (AvgIpc) is 2.20. The van der Waals surface area contributed by atoms with Gasteiger partial charge in [0.1, 0.15) is 0 Å². The van der Waals surface area contributed by atoms with Gasteiger partial charge in [-0.2, -0.15) is 0 Å². The van der Waals surface area contributed by atoms with E-state index in [4.69, 9.17) is 9.84 Å². The molecule has 0 radical (unpaired) electrons. The smallest absolute Gasteiger partial charge is 0.334 e. The molecule has 0 saturated carbocycles. The first kappa shape index (κ1) is 13.9. The topological polar surface area (TPSA) is 83.8 Å². The predicted molar refractivity (Wildman–Crippen MR) is 53.4 cm³/mol. The number of hydrogen-bond acceptors (Lipinski definition) is 4. The highest BCUT2D eigenvalue weighted by Crippen LogP contribution is 2.05. The third kappa shape index (κ3) is 7.93. The summed E-state index contributed by atoms with van der Waals surface area (Å²) in [6, 6.07) is 0. The van der Waals surface area contributed by atoms with Crippen LogP contribution in [0.4, 0.5) is 0 Å². The zero-order chi connectivity index (χ0) is 11.7. The first-order valence-corrected chi connectivity index (χ1v) is 5.14. The number of ether oxygens (including phenoxy) is 1. The van der Waals surface area contributed by atoms with E-state index in [1.165, 1.54) is 0 Å². The molecule has 0 rings (SSSR count). The number of carbonyl (C=O) groups excluding carboxylic acids is 1. The largest absolute Gasteiger partial charge is 0.481 e. The fraction of sp³-hybridized carbons (Fsp3) is 0.800. The Morgan fingerprint density at radius 1 is 1.33 bits per heavy atom. The van der Waals surface area contributed by atoms with Crippen LogP contribution in [-0.2, 0) is 14.3 Å². The highest BCUT2D eigenvalue weighted by atomic mass is 16.5. The third-order valence-corrected chi connectivity index (χ3v) is 1.84. The molecule has 88 valence electrons. The number of aliphatic carboxylic acids is 1. The molecule has 5 heteroatoms. The van der Waals surface area contributed by atoms with Crippen LogP contribution >= 0.6 is 0 Å². The molecule has 0 spiro atoms. The zero-order valence-corrected chi connectivity index (χ0v) is 8.94. The number of hydrogen-bond donors (Lipinski definition) is 2. The Bertz CT molecular complexity index is 202. The first-order valence-electron chi connectivity index (χ1n) is 5.14. The maximum absolute atomic E-state index is 11.0. The predicted octanol–water partition coefficient (Wildman–Crippen LogP) is 0.946. The van der Waals surface area contributed by atoms with Gasteiger partial charge in [-0.05, 0) is 25.7 Å². The molecule has 15 heavy (non-hydrogen) atoms. The molecule has 1 atom stereocenters. The minimum Gasteiger partial charge on any atom is -0.481 e. The van der Waals surface area contributed by atoms with Crippen LogP contribution in [0.5, 0.6) is 0 Å². The molecule has 0 aromatic rings. The van der Waals surface area contributed by atoms with Crippen molar-refractivity contribution in [3.8, 4) is 0 Å². The second-order valence-corrected chi connectivity index (χ2v) is 3.32. The van der Waals surface area contributed by atoms with Gasteiger partial charge < -0.3 is 14.9 Å². The van der Waals surface area contributed by atoms with E-state index in [-0.39, 0.29) is 12.8 Å². The molecule has 0 aromatic carbocycles. The number of aliphatic hydroxyl groups excluding tert-OH is 1. The monoisotopic (exact) mass is 218 g/mol. The lowest BCUT2D eigenvalue weighted by Gasteiger charge is -2.09. The van der Waals surface area contributed by atoms with Crippen molar-refractivity contribution in [3.05, 3.63) is 0 Å². The normalized spacial score (nSPS) is 12.1. The van der Waals surface area contributed by atoms with Crippen molar-refractivity contribution in [2.75, 3.05) is 6.61 Å². The molecule has 0 aliphatic heterocycles. The van der Waals surface area contributed by atoms with Gasteiger partial charge in [0, 0.05) is 6.42 Å². The van der Waals surface area contributed by atoms with Crippen LogP contribution in [0.25, 0.3) is 0 Å². The quantitative estimate of drug-likeness (QED) is 0.468. The average molecular weight is 218 g/mol. The zero-order valence-electron chi connectivity index (χ0n) is 8.94. The lowest BCUT2D eigenvalue weighted by atomic mass is 10.1. The minimum atomic E-state index is -1.12. The van der Waals surface area contributed by atoms with Crippen molar-refractivity contribution < 1.29 is 24.5 Å². The first-order chi connectivity index (χ1) is 7.07. The van der Waals surface area contributed by atoms with Crippen LogP contribution in [0.1, 0.15) is 39.0 Å². The molecule has 0 amide bonds. The molecule has 5 nitrogen and oxygen atoms in total. The van der Waals surface area contributed by atoms with Crippen LogP contribution in [-0.4, -0.2) is 34.9 Å². The summed E-state index contributed by atoms with van der Waals surface area (Å²) in [4.78, 5) is 21.2. The summed E-state index contributed by atoms with van der Waals surface area (Å²) in [5, 5.41) is 17.6. The Morgan fingerprint density at radius 3 is 2.53 bits per heavy atom. The summed E-state index contributed by atoms with van der Waals surface area (Å²) >= 11 is 0. The maximum Gasteiger partial charge on any atom is 0.334 e. The van der Waals surface area contributed by atoms with Gasteiger partial charge in [-0.15, -0.1) is 0 Å². The molecular formula is C10H18O5. The number of rotatable bonds is 8. The van der Waals surface area contributed by atoms with Gasteiger partial charge in [-0.3, -0.25) is 4.79 Å². The highest BCUT2D eigenvalue weighted by molar-refractivity contribution is 5.74. The van der Waals surface area contributed by atoms with Gasteiger partial charge in [0.05, 0.1) is 6.61 Å². The number of carboxylic acid groups (broad SMARTS) is 1. The van der Waals surface area contributed by atoms with Crippen LogP contribution in [0, 0.1) is 0 Å². The maximum atomic E-state index is 11.0. The van der Waals surface area contributed by atoms with Crippen molar-refractivity contribution in [2.24, 2.45) is 0 Å². The third-order valence-electron chi connectivity index (χ3n) is 1.84. The summed E-state index contributed by atoms with van der Waals surface area (Å²) in [6.07, 6.45) is 0.900. The lowest BCUT2D eigenvalue weighted by Crippen LogP contribution is -2.23. The van der Waals surface area contributed by atoms with Gasteiger partial charge in [-0.25, -0.2) is 4.79 Å². The van der Waals surface area contributed by atoms with E-state index in [0.29, 0.717) is 19.4 Å². The van der Waals surface area contributed by atoms with Gasteiger partial charge in [0.2, 0.25) is 0 Å². The molecule has 0 heterocycles. The second kappa shape index (κ2) is 8.23. The number of unbranched alkanes of at least 4 members (excludes halogenated alkanes) is 1. The fourth-order valence-electron chi connectivity index (χ4n) is 1.03. The van der Waals surface area contributed by atoms with Crippen molar-refractivity contribution in [3.63, 3.8) is 0 Å². The SMILES string of the molecule is CCCOC(=O)C(O)CCCCC(=O)O. The van der Waals surface area contributed by atoms with Gasteiger partial charge >= 0.3 is 11.9 Å². The highest BCUT2D eigenvalue weighted by Gasteiger charge is 2.15. The van der Waals surface area contributed by atoms with E-state index in [0.717, 1.165) is 6.42 Å². The molecular weight excluding hydrogens is 200 g/mol. The summed E-state index contributed by atoms with van der Waals surface area (Å²) < 4.78 is 4.73. The summed E-state index contributed by atoms with van der Waals surface area (Å²) in [6.45, 7) is 2.18. The molecule has 0 fully saturated rings. The lowest BCUT2D eigenvalue weighted by molar-refractivity contribution is -0.153. The van der Waals surface area contributed by atoms with Crippen LogP contribution in [0.2, 0.25) is 0 Å². The van der Waals surface area contributed by atoms with Crippen molar-refractivity contribution in [1.29, 1.82) is 0 Å². The summed E-state index contributed by atoms with van der Waals surface area (Å²) in [5.41, 5.74) is 0. The molecule has 0 saturated heterocycles. The van der Waals surface area contributed by atoms with Crippen LogP contribution in [0.15, 0.2) is 0 Å². The van der Waals surface area contributed by atoms with E-state index in [1.54, 1.807) is 0 Å². The molecule has 0 aliphatic rings. The van der Waals surface area contributed by atoms with Gasteiger partial charge in [0.15, 0.2) is 6.10 Å². The minimum absolute atomic E-state index is 0.0662. The number of carboxylic acids is 1. The number of aliphatic hydroxyl groups is 1. The fourth-order valence-corrected chi connectivity index (χ4v) is 1.03. The Morgan fingerprint density at radius 2 is 2.00 bits per heavy atom. The van der Waals surface area contributed by atoms with E-state index < -0.39 is 18.0 Å². The van der Waals surface area contributed by atoms with E-state index in [9.17, 15) is 14.7 Å². The molecule has 0 aliphatic carbocycles. The molecule has 0 aromatic heterocycles. The van der Waals surface area contributed by atoms with Crippen molar-refractivity contribution in [2.45, 2.75) is 45.1 Å². The Balaban J connectivity index is 3.50. The Labute approximate surface area is 89.0 Å². The molecule has 1 unspecified atom stereocenters. The van der Waals surface area contributed by atoms with E-state index in [2.05, 4.69) is 0 Å². The summed E-state index contributed by atoms with van der Waals surface area (Å²) in [5.74, 6) is -1.48. The standard InChI is InChI=1S/C10H18O5/c1-2-7-15-10(14)8(11)5-3-4-6-9(12)13/h8,11H,2-7H2,1H3,(H,12,13). The van der Waals surface area contributed by atoms with E-state index in [1.807, 2.05) is 6.92 Å². The summed E-state index contributed by atoms with van der Waals surface area (Å²) in [7, 11) is 0. The number of esters is 1. The molecule has 0 bridgehead atoms. The van der Waals surface area contributed by atoms with Crippen molar-refractivity contribution >= 4 is 11.9 Å².